The van der Waals surface area contributed by atoms with E-state index in [2.05, 4.69) is 10.3 Å². The highest BCUT2D eigenvalue weighted by Crippen LogP contribution is 2.28. The third-order valence-electron chi connectivity index (χ3n) is 4.78. The van der Waals surface area contributed by atoms with Gasteiger partial charge in [-0.25, -0.2) is 12.8 Å². The quantitative estimate of drug-likeness (QED) is 0.744. The van der Waals surface area contributed by atoms with E-state index in [1.165, 1.54) is 41.7 Å². The van der Waals surface area contributed by atoms with Gasteiger partial charge in [0.05, 0.1) is 30.4 Å². The largest absolute Gasteiger partial charge is 0.497 e. The molecule has 1 N–H and O–H groups in total. The van der Waals surface area contributed by atoms with Gasteiger partial charge in [0.25, 0.3) is 0 Å². The Morgan fingerprint density at radius 1 is 1.31 bits per heavy atom. The van der Waals surface area contributed by atoms with Crippen molar-refractivity contribution in [3.8, 4) is 5.75 Å². The number of carbonyl (C=O) groups excluding carboxylic acids is 1. The average Bonchev–Trinajstić information content (AvgIpc) is 2.72. The van der Waals surface area contributed by atoms with E-state index in [0.29, 0.717) is 24.3 Å². The van der Waals surface area contributed by atoms with Crippen LogP contribution in [0.5, 0.6) is 5.75 Å². The zero-order valence-electron chi connectivity index (χ0n) is 15.8. The van der Waals surface area contributed by atoms with Gasteiger partial charge < -0.3 is 10.1 Å². The lowest BCUT2D eigenvalue weighted by Gasteiger charge is -2.30. The fraction of sp³-hybridized carbons (Fsp3) is 0.368. The Kier molecular flexibility index (Phi) is 6.71. The summed E-state index contributed by atoms with van der Waals surface area (Å²) in [6, 6.07) is 7.13. The van der Waals surface area contributed by atoms with Crippen molar-refractivity contribution in [1.29, 1.82) is 0 Å². The third-order valence-corrected chi connectivity index (χ3v) is 6.87. The maximum absolute atomic E-state index is 12.9. The SMILES string of the molecule is COc1cc(Cl)cc(S(=O)(=O)N2CCC(C(=O)NCc3ccc(F)cn3)CC2)c1. The second-order valence-electron chi connectivity index (χ2n) is 6.69. The number of hydrogen-bond donors (Lipinski definition) is 1. The number of amides is 1. The van der Waals surface area contributed by atoms with Crippen LogP contribution >= 0.6 is 11.6 Å². The lowest BCUT2D eigenvalue weighted by Crippen LogP contribution is -2.42. The van der Waals surface area contributed by atoms with Crippen molar-refractivity contribution in [2.75, 3.05) is 20.2 Å². The van der Waals surface area contributed by atoms with Gasteiger partial charge in [0, 0.05) is 30.1 Å². The zero-order valence-corrected chi connectivity index (χ0v) is 17.3. The molecule has 1 aliphatic heterocycles. The summed E-state index contributed by atoms with van der Waals surface area (Å²) >= 11 is 5.99. The molecule has 0 unspecified atom stereocenters. The standard InChI is InChI=1S/C19H21ClFN3O4S/c1-28-17-8-14(20)9-18(10-17)29(26,27)24-6-4-13(5-7-24)19(25)23-12-16-3-2-15(21)11-22-16/h2-3,8-11,13H,4-7,12H2,1H3,(H,23,25). The number of nitrogens with zero attached hydrogens (tertiary/aromatic N) is 2. The van der Waals surface area contributed by atoms with Crippen LogP contribution < -0.4 is 10.1 Å². The number of rotatable bonds is 6. The molecule has 0 radical (unpaired) electrons. The van der Waals surface area contributed by atoms with Crippen LogP contribution in [-0.4, -0.2) is 43.8 Å². The first kappa shape index (κ1) is 21.5. The third kappa shape index (κ3) is 5.23. The molecular formula is C19H21ClFN3O4S. The number of methoxy groups -OCH3 is 1. The Morgan fingerprint density at radius 3 is 2.66 bits per heavy atom. The van der Waals surface area contributed by atoms with Gasteiger partial charge in [-0.2, -0.15) is 4.31 Å². The summed E-state index contributed by atoms with van der Waals surface area (Å²) in [4.78, 5) is 16.3. The number of pyridine rings is 1. The molecular weight excluding hydrogens is 421 g/mol. The van der Waals surface area contributed by atoms with E-state index in [1.807, 2.05) is 0 Å². The number of halogens is 2. The second-order valence-corrected chi connectivity index (χ2v) is 9.07. The van der Waals surface area contributed by atoms with Crippen LogP contribution in [0.1, 0.15) is 18.5 Å². The Labute approximate surface area is 173 Å². The zero-order chi connectivity index (χ0) is 21.0. The van der Waals surface area contributed by atoms with Crippen molar-refractivity contribution in [3.05, 3.63) is 53.1 Å². The van der Waals surface area contributed by atoms with Crippen LogP contribution in [0.15, 0.2) is 41.4 Å². The molecule has 1 aromatic carbocycles. The molecule has 0 bridgehead atoms. The molecule has 0 atom stereocenters. The first-order valence-corrected chi connectivity index (χ1v) is 10.8. The highest BCUT2D eigenvalue weighted by molar-refractivity contribution is 7.89. The molecule has 0 aliphatic carbocycles. The van der Waals surface area contributed by atoms with Crippen molar-refractivity contribution in [2.24, 2.45) is 5.92 Å². The van der Waals surface area contributed by atoms with Crippen molar-refractivity contribution in [3.63, 3.8) is 0 Å². The summed E-state index contributed by atoms with van der Waals surface area (Å²) in [7, 11) is -2.30. The van der Waals surface area contributed by atoms with Crippen LogP contribution in [0.4, 0.5) is 4.39 Å². The van der Waals surface area contributed by atoms with Gasteiger partial charge in [0.2, 0.25) is 15.9 Å². The predicted molar refractivity (Wildman–Crippen MR) is 106 cm³/mol. The summed E-state index contributed by atoms with van der Waals surface area (Å²) in [6.45, 7) is 0.647. The van der Waals surface area contributed by atoms with Crippen molar-refractivity contribution in [1.82, 2.24) is 14.6 Å². The first-order valence-electron chi connectivity index (χ1n) is 9.02. The maximum atomic E-state index is 12.9. The van der Waals surface area contributed by atoms with Gasteiger partial charge in [0.1, 0.15) is 11.6 Å². The molecule has 29 heavy (non-hydrogen) atoms. The van der Waals surface area contributed by atoms with Crippen LogP contribution in [-0.2, 0) is 21.4 Å². The molecule has 10 heteroatoms. The number of piperidine rings is 1. The molecule has 2 heterocycles. The summed E-state index contributed by atoms with van der Waals surface area (Å²) in [5.74, 6) is -0.542. The summed E-state index contributed by atoms with van der Waals surface area (Å²) in [5.41, 5.74) is 0.551. The molecule has 0 saturated carbocycles. The number of nitrogens with one attached hydrogen (secondary N) is 1. The fourth-order valence-corrected chi connectivity index (χ4v) is 4.96. The molecule has 1 fully saturated rings. The number of carbonyl (C=O) groups is 1. The number of sulfonamides is 1. The smallest absolute Gasteiger partial charge is 0.243 e. The van der Waals surface area contributed by atoms with Crippen LogP contribution in [0.25, 0.3) is 0 Å². The number of ether oxygens (including phenoxy) is 1. The number of hydrogen-bond acceptors (Lipinski definition) is 5. The highest BCUT2D eigenvalue weighted by atomic mass is 35.5. The van der Waals surface area contributed by atoms with Crippen LogP contribution in [0.3, 0.4) is 0 Å². The van der Waals surface area contributed by atoms with Gasteiger partial charge in [0.15, 0.2) is 0 Å². The van der Waals surface area contributed by atoms with Crippen molar-refractivity contribution < 1.29 is 22.3 Å². The van der Waals surface area contributed by atoms with Crippen LogP contribution in [0.2, 0.25) is 5.02 Å². The second kappa shape index (κ2) is 9.06. The van der Waals surface area contributed by atoms with E-state index in [1.54, 1.807) is 0 Å². The Hall–Kier alpha value is -2.23. The van der Waals surface area contributed by atoms with Crippen LogP contribution in [0, 0.1) is 11.7 Å². The summed E-state index contributed by atoms with van der Waals surface area (Å²) in [6.07, 6.45) is 1.90. The minimum atomic E-state index is -3.73. The Morgan fingerprint density at radius 2 is 2.03 bits per heavy atom. The lowest BCUT2D eigenvalue weighted by atomic mass is 9.97. The Bertz CT molecular complexity index is 977. The molecule has 156 valence electrons. The van der Waals surface area contributed by atoms with Crippen molar-refractivity contribution >= 4 is 27.5 Å². The summed E-state index contributed by atoms with van der Waals surface area (Å²) in [5, 5.41) is 3.04. The topological polar surface area (TPSA) is 88.6 Å². The molecule has 0 spiro atoms. The fourth-order valence-electron chi connectivity index (χ4n) is 3.14. The monoisotopic (exact) mass is 441 g/mol. The summed E-state index contributed by atoms with van der Waals surface area (Å²) < 4.78 is 45.1. The van der Waals surface area contributed by atoms with E-state index in [0.717, 1.165) is 6.20 Å². The van der Waals surface area contributed by atoms with Gasteiger partial charge in [-0.15, -0.1) is 0 Å². The molecule has 1 aromatic heterocycles. The van der Waals surface area contributed by atoms with Gasteiger partial charge >= 0.3 is 0 Å². The van der Waals surface area contributed by atoms with E-state index in [9.17, 15) is 17.6 Å². The molecule has 1 amide bonds. The van der Waals surface area contributed by atoms with E-state index >= 15 is 0 Å². The Balaban J connectivity index is 1.58. The van der Waals surface area contributed by atoms with E-state index in [-0.39, 0.29) is 41.4 Å². The number of aromatic nitrogens is 1. The van der Waals surface area contributed by atoms with E-state index < -0.39 is 15.8 Å². The highest BCUT2D eigenvalue weighted by Gasteiger charge is 2.32. The maximum Gasteiger partial charge on any atom is 0.243 e. The first-order chi connectivity index (χ1) is 13.8. The van der Waals surface area contributed by atoms with Gasteiger partial charge in [-0.05, 0) is 37.1 Å². The lowest BCUT2D eigenvalue weighted by molar-refractivity contribution is -0.126. The molecule has 1 aliphatic rings. The molecule has 7 nitrogen and oxygen atoms in total. The normalized spacial score (nSPS) is 15.8. The minimum Gasteiger partial charge on any atom is -0.497 e. The molecule has 2 aromatic rings. The van der Waals surface area contributed by atoms with Gasteiger partial charge in [-0.1, -0.05) is 11.6 Å². The predicted octanol–water partition coefficient (Wildman–Crippen LogP) is 2.60. The minimum absolute atomic E-state index is 0.0622. The average molecular weight is 442 g/mol. The molecule has 1 saturated heterocycles. The van der Waals surface area contributed by atoms with Crippen molar-refractivity contribution in [2.45, 2.75) is 24.3 Å². The number of benzene rings is 1. The molecule has 3 rings (SSSR count). The van der Waals surface area contributed by atoms with E-state index in [4.69, 9.17) is 16.3 Å². The van der Waals surface area contributed by atoms with Gasteiger partial charge in [-0.3, -0.25) is 9.78 Å².